The van der Waals surface area contributed by atoms with Gasteiger partial charge in [-0.3, -0.25) is 0 Å². The smallest absolute Gasteiger partial charge is 0.231 e. The van der Waals surface area contributed by atoms with Crippen LogP contribution in [0.5, 0.6) is 0 Å². The SMILES string of the molecule is Nc1ccccc1Cc1nc(Cc2cccs2)no1. The zero-order valence-electron chi connectivity index (χ0n) is 10.2. The zero-order chi connectivity index (χ0) is 13.1. The van der Waals surface area contributed by atoms with E-state index in [0.29, 0.717) is 24.6 Å². The van der Waals surface area contributed by atoms with Crippen LogP contribution in [-0.2, 0) is 12.8 Å². The third kappa shape index (κ3) is 2.82. The van der Waals surface area contributed by atoms with Crippen LogP contribution in [0.2, 0.25) is 0 Å². The van der Waals surface area contributed by atoms with Crippen LogP contribution in [0.25, 0.3) is 0 Å². The second-order valence-electron chi connectivity index (χ2n) is 4.24. The minimum Gasteiger partial charge on any atom is -0.398 e. The van der Waals surface area contributed by atoms with E-state index in [9.17, 15) is 0 Å². The summed E-state index contributed by atoms with van der Waals surface area (Å²) in [6.45, 7) is 0. The Kier molecular flexibility index (Phi) is 3.29. The number of hydrogen-bond donors (Lipinski definition) is 1. The molecule has 0 unspecified atom stereocenters. The Labute approximate surface area is 114 Å². The molecule has 0 amide bonds. The maximum atomic E-state index is 5.90. The lowest BCUT2D eigenvalue weighted by atomic mass is 10.1. The van der Waals surface area contributed by atoms with Gasteiger partial charge in [-0.05, 0) is 23.1 Å². The Balaban J connectivity index is 1.73. The Morgan fingerprint density at radius 3 is 2.79 bits per heavy atom. The Bertz CT molecular complexity index is 661. The Morgan fingerprint density at radius 2 is 2.00 bits per heavy atom. The number of hydrogen-bond acceptors (Lipinski definition) is 5. The molecule has 0 saturated carbocycles. The van der Waals surface area contributed by atoms with Gasteiger partial charge in [0.1, 0.15) is 0 Å². The average molecular weight is 271 g/mol. The highest BCUT2D eigenvalue weighted by atomic mass is 32.1. The van der Waals surface area contributed by atoms with Crippen LogP contribution in [0, 0.1) is 0 Å². The molecule has 0 aliphatic heterocycles. The molecule has 2 aromatic heterocycles. The molecule has 3 rings (SSSR count). The fourth-order valence-electron chi connectivity index (χ4n) is 1.86. The normalized spacial score (nSPS) is 10.7. The first-order chi connectivity index (χ1) is 9.31. The van der Waals surface area contributed by atoms with Crippen molar-refractivity contribution >= 4 is 17.0 Å². The van der Waals surface area contributed by atoms with Crippen molar-refractivity contribution in [1.82, 2.24) is 10.1 Å². The minimum atomic E-state index is 0.574. The van der Waals surface area contributed by atoms with E-state index in [0.717, 1.165) is 11.3 Å². The van der Waals surface area contributed by atoms with Crippen LogP contribution in [0.1, 0.15) is 22.2 Å². The third-order valence-electron chi connectivity index (χ3n) is 2.82. The molecule has 5 heteroatoms. The molecule has 0 atom stereocenters. The second-order valence-corrected chi connectivity index (χ2v) is 5.27. The number of rotatable bonds is 4. The summed E-state index contributed by atoms with van der Waals surface area (Å²) in [5.74, 6) is 1.32. The fraction of sp³-hybridized carbons (Fsp3) is 0.143. The second kappa shape index (κ2) is 5.24. The Hall–Kier alpha value is -2.14. The maximum absolute atomic E-state index is 5.90. The number of nitrogens with zero attached hydrogens (tertiary/aromatic N) is 2. The minimum absolute atomic E-state index is 0.574. The monoisotopic (exact) mass is 271 g/mol. The molecule has 2 heterocycles. The first-order valence-corrected chi connectivity index (χ1v) is 6.86. The van der Waals surface area contributed by atoms with Gasteiger partial charge in [0, 0.05) is 17.0 Å². The van der Waals surface area contributed by atoms with Crippen molar-refractivity contribution < 1.29 is 4.52 Å². The van der Waals surface area contributed by atoms with Crippen molar-refractivity contribution in [1.29, 1.82) is 0 Å². The molecule has 3 aromatic rings. The number of thiophene rings is 1. The first kappa shape index (κ1) is 11.9. The number of nitrogens with two attached hydrogens (primary N) is 1. The molecule has 0 spiro atoms. The van der Waals surface area contributed by atoms with Gasteiger partial charge in [-0.15, -0.1) is 11.3 Å². The van der Waals surface area contributed by atoms with Crippen LogP contribution in [0.3, 0.4) is 0 Å². The van der Waals surface area contributed by atoms with Crippen molar-refractivity contribution in [2.24, 2.45) is 0 Å². The zero-order valence-corrected chi connectivity index (χ0v) is 11.1. The lowest BCUT2D eigenvalue weighted by Gasteiger charge is -2.00. The lowest BCUT2D eigenvalue weighted by molar-refractivity contribution is 0.380. The molecule has 0 aliphatic carbocycles. The quantitative estimate of drug-likeness (QED) is 0.741. The van der Waals surface area contributed by atoms with E-state index in [1.807, 2.05) is 35.7 Å². The maximum Gasteiger partial charge on any atom is 0.231 e. The summed E-state index contributed by atoms with van der Waals surface area (Å²) in [7, 11) is 0. The molecule has 19 heavy (non-hydrogen) atoms. The molecule has 0 saturated heterocycles. The van der Waals surface area contributed by atoms with Crippen molar-refractivity contribution in [3.63, 3.8) is 0 Å². The van der Waals surface area contributed by atoms with Gasteiger partial charge in [0.2, 0.25) is 5.89 Å². The number of benzene rings is 1. The standard InChI is InChI=1S/C14H13N3OS/c15-12-6-2-1-4-10(12)8-14-16-13(17-18-14)9-11-5-3-7-19-11/h1-7H,8-9,15H2. The summed E-state index contributed by atoms with van der Waals surface area (Å²) in [6.07, 6.45) is 1.29. The average Bonchev–Trinajstić information content (AvgIpc) is 3.05. The van der Waals surface area contributed by atoms with Crippen LogP contribution in [0.4, 0.5) is 5.69 Å². The third-order valence-corrected chi connectivity index (χ3v) is 3.70. The summed E-state index contributed by atoms with van der Waals surface area (Å²) >= 11 is 1.69. The van der Waals surface area contributed by atoms with Crippen LogP contribution < -0.4 is 5.73 Å². The van der Waals surface area contributed by atoms with Gasteiger partial charge in [0.15, 0.2) is 5.82 Å². The number of aromatic nitrogens is 2. The highest BCUT2D eigenvalue weighted by molar-refractivity contribution is 7.09. The van der Waals surface area contributed by atoms with Gasteiger partial charge in [-0.25, -0.2) is 0 Å². The molecule has 4 nitrogen and oxygen atoms in total. The number of anilines is 1. The fourth-order valence-corrected chi connectivity index (χ4v) is 2.56. The van der Waals surface area contributed by atoms with Crippen LogP contribution >= 0.6 is 11.3 Å². The molecule has 2 N–H and O–H groups in total. The highest BCUT2D eigenvalue weighted by Gasteiger charge is 2.09. The topological polar surface area (TPSA) is 64.9 Å². The molecule has 1 aromatic carbocycles. The van der Waals surface area contributed by atoms with Gasteiger partial charge in [-0.2, -0.15) is 4.98 Å². The van der Waals surface area contributed by atoms with E-state index in [2.05, 4.69) is 16.2 Å². The van der Waals surface area contributed by atoms with Crippen molar-refractivity contribution in [3.05, 3.63) is 63.9 Å². The number of para-hydroxylation sites is 1. The van der Waals surface area contributed by atoms with Crippen molar-refractivity contribution in [3.8, 4) is 0 Å². The molecular formula is C14H13N3OS. The molecular weight excluding hydrogens is 258 g/mol. The van der Waals surface area contributed by atoms with Crippen LogP contribution in [0.15, 0.2) is 46.3 Å². The summed E-state index contributed by atoms with van der Waals surface area (Å²) in [5.41, 5.74) is 7.66. The van der Waals surface area contributed by atoms with E-state index in [1.54, 1.807) is 11.3 Å². The van der Waals surface area contributed by atoms with E-state index in [-0.39, 0.29) is 0 Å². The summed E-state index contributed by atoms with van der Waals surface area (Å²) in [4.78, 5) is 5.62. The van der Waals surface area contributed by atoms with Crippen molar-refractivity contribution in [2.45, 2.75) is 12.8 Å². The molecule has 0 aliphatic rings. The highest BCUT2D eigenvalue weighted by Crippen LogP contribution is 2.16. The van der Waals surface area contributed by atoms with Gasteiger partial charge in [0.25, 0.3) is 0 Å². The summed E-state index contributed by atoms with van der Waals surface area (Å²) in [6, 6.07) is 11.8. The number of nitrogen functional groups attached to an aromatic ring is 1. The Morgan fingerprint density at radius 1 is 1.11 bits per heavy atom. The predicted molar refractivity (Wildman–Crippen MR) is 75.1 cm³/mol. The molecule has 0 radical (unpaired) electrons. The van der Waals surface area contributed by atoms with E-state index >= 15 is 0 Å². The predicted octanol–water partition coefficient (Wildman–Crippen LogP) is 2.89. The largest absolute Gasteiger partial charge is 0.398 e. The summed E-state index contributed by atoms with van der Waals surface area (Å²) in [5, 5.41) is 6.04. The molecule has 0 bridgehead atoms. The van der Waals surface area contributed by atoms with Crippen molar-refractivity contribution in [2.75, 3.05) is 5.73 Å². The van der Waals surface area contributed by atoms with Gasteiger partial charge in [-0.1, -0.05) is 29.4 Å². The van der Waals surface area contributed by atoms with Gasteiger partial charge in [0.05, 0.1) is 6.42 Å². The van der Waals surface area contributed by atoms with Crippen LogP contribution in [-0.4, -0.2) is 10.1 Å². The van der Waals surface area contributed by atoms with E-state index in [4.69, 9.17) is 10.3 Å². The molecule has 0 fully saturated rings. The van der Waals surface area contributed by atoms with Gasteiger partial charge >= 0.3 is 0 Å². The summed E-state index contributed by atoms with van der Waals surface area (Å²) < 4.78 is 5.26. The first-order valence-electron chi connectivity index (χ1n) is 5.98. The lowest BCUT2D eigenvalue weighted by Crippen LogP contribution is -1.96. The molecule has 96 valence electrons. The van der Waals surface area contributed by atoms with E-state index in [1.165, 1.54) is 4.88 Å². The van der Waals surface area contributed by atoms with E-state index < -0.39 is 0 Å². The van der Waals surface area contributed by atoms with Gasteiger partial charge < -0.3 is 10.3 Å².